The summed E-state index contributed by atoms with van der Waals surface area (Å²) in [5.41, 5.74) is -0.156. The third-order valence-electron chi connectivity index (χ3n) is 5.86. The average molecular weight is 450 g/mol. The zero-order valence-corrected chi connectivity index (χ0v) is 18.6. The predicted octanol–water partition coefficient (Wildman–Crippen LogP) is -1.21. The maximum absolute atomic E-state index is 13.2. The van der Waals surface area contributed by atoms with Crippen LogP contribution in [0.25, 0.3) is 0 Å². The Balaban J connectivity index is 1.92. The Morgan fingerprint density at radius 3 is 2.69 bits per heavy atom. The summed E-state index contributed by atoms with van der Waals surface area (Å²) in [7, 11) is 3.39. The van der Waals surface area contributed by atoms with Gasteiger partial charge in [0.05, 0.1) is 24.2 Å². The molecule has 1 saturated heterocycles. The fourth-order valence-electron chi connectivity index (χ4n) is 3.99. The number of carbonyl (C=O) groups is 4. The minimum atomic E-state index is -1.09. The second kappa shape index (κ2) is 10.1. The number of rotatable bonds is 3. The molecule has 32 heavy (non-hydrogen) atoms. The van der Waals surface area contributed by atoms with Gasteiger partial charge in [0, 0.05) is 26.6 Å². The van der Waals surface area contributed by atoms with Crippen LogP contribution in [-0.2, 0) is 25.7 Å². The Bertz CT molecular complexity index is 876. The number of fused-ring (bicyclic) bond motifs is 1. The lowest BCUT2D eigenvalue weighted by atomic mass is 9.83. The van der Waals surface area contributed by atoms with E-state index in [1.54, 1.807) is 6.92 Å². The minimum Gasteiger partial charge on any atom is -0.364 e. The molecule has 1 spiro atoms. The molecule has 1 aromatic rings. The SMILES string of the molecule is COCNC(=O)[C@@H]1CC(=O)NCc2onc(C)c2C(=O)NC2(CCN(C)CC2)CC(=O)N1. The van der Waals surface area contributed by atoms with Crippen molar-refractivity contribution in [1.29, 1.82) is 0 Å². The molecule has 3 rings (SSSR count). The fourth-order valence-corrected chi connectivity index (χ4v) is 3.99. The lowest BCUT2D eigenvalue weighted by molar-refractivity contribution is -0.133. The van der Waals surface area contributed by atoms with E-state index in [9.17, 15) is 19.2 Å². The van der Waals surface area contributed by atoms with Crippen LogP contribution in [-0.4, -0.2) is 79.2 Å². The average Bonchev–Trinajstić information content (AvgIpc) is 3.12. The third kappa shape index (κ3) is 5.62. The Labute approximate surface area is 185 Å². The largest absolute Gasteiger partial charge is 0.364 e. The number of hydrogen-bond acceptors (Lipinski definition) is 8. The first kappa shape index (κ1) is 23.7. The number of carbonyl (C=O) groups excluding carboxylic acids is 4. The molecule has 0 saturated carbocycles. The van der Waals surface area contributed by atoms with Crippen LogP contribution in [0, 0.1) is 6.92 Å². The molecule has 176 valence electrons. The third-order valence-corrected chi connectivity index (χ3v) is 5.86. The first-order chi connectivity index (χ1) is 15.2. The van der Waals surface area contributed by atoms with Crippen molar-refractivity contribution in [2.75, 3.05) is 34.0 Å². The molecule has 3 heterocycles. The molecule has 4 amide bonds. The molecule has 0 bridgehead atoms. The van der Waals surface area contributed by atoms with Gasteiger partial charge in [0.2, 0.25) is 17.7 Å². The summed E-state index contributed by atoms with van der Waals surface area (Å²) in [5.74, 6) is -1.64. The van der Waals surface area contributed by atoms with Crippen molar-refractivity contribution in [2.45, 2.75) is 50.7 Å². The summed E-state index contributed by atoms with van der Waals surface area (Å²) >= 11 is 0. The molecule has 12 nitrogen and oxygen atoms in total. The van der Waals surface area contributed by atoms with Gasteiger partial charge in [-0.15, -0.1) is 0 Å². The highest BCUT2D eigenvalue weighted by Crippen LogP contribution is 2.27. The van der Waals surface area contributed by atoms with Crippen LogP contribution in [0.5, 0.6) is 0 Å². The van der Waals surface area contributed by atoms with Gasteiger partial charge in [-0.05, 0) is 26.8 Å². The number of likely N-dealkylation sites (tertiary alicyclic amines) is 1. The van der Waals surface area contributed by atoms with E-state index < -0.39 is 35.2 Å². The summed E-state index contributed by atoms with van der Waals surface area (Å²) in [4.78, 5) is 53.2. The maximum Gasteiger partial charge on any atom is 0.257 e. The Morgan fingerprint density at radius 2 is 2.00 bits per heavy atom. The number of nitrogens with zero attached hydrogens (tertiary/aromatic N) is 2. The van der Waals surface area contributed by atoms with Crippen LogP contribution in [0.1, 0.15) is 47.5 Å². The predicted molar refractivity (Wildman–Crippen MR) is 111 cm³/mol. The molecule has 2 aliphatic heterocycles. The monoisotopic (exact) mass is 450 g/mol. The van der Waals surface area contributed by atoms with E-state index in [-0.39, 0.29) is 37.4 Å². The van der Waals surface area contributed by atoms with Gasteiger partial charge in [0.1, 0.15) is 18.3 Å². The highest BCUT2D eigenvalue weighted by molar-refractivity contribution is 5.97. The van der Waals surface area contributed by atoms with Crippen LogP contribution >= 0.6 is 0 Å². The highest BCUT2D eigenvalue weighted by Gasteiger charge is 2.39. The van der Waals surface area contributed by atoms with Crippen molar-refractivity contribution in [3.63, 3.8) is 0 Å². The maximum atomic E-state index is 13.2. The summed E-state index contributed by atoms with van der Waals surface area (Å²) in [6.45, 7) is 2.91. The molecule has 4 N–H and O–H groups in total. The standard InChI is InChI=1S/C20H30N6O6/c1-12-17-14(32-25-12)10-21-15(27)8-13(18(29)22-11-31-3)23-16(28)9-20(24-19(17)30)4-6-26(2)7-5-20/h13H,4-11H2,1-3H3,(H,21,27)(H,22,29)(H,23,28)(H,24,30)/t13-/m0/s1. The molecule has 1 fully saturated rings. The quantitative estimate of drug-likeness (QED) is 0.418. The second-order valence-electron chi connectivity index (χ2n) is 8.36. The summed E-state index contributed by atoms with van der Waals surface area (Å²) in [6.07, 6.45) is 0.808. The molecule has 0 aliphatic carbocycles. The van der Waals surface area contributed by atoms with Gasteiger partial charge in [-0.1, -0.05) is 5.16 Å². The second-order valence-corrected chi connectivity index (χ2v) is 8.36. The molecular formula is C20H30N6O6. The van der Waals surface area contributed by atoms with Gasteiger partial charge >= 0.3 is 0 Å². The number of ether oxygens (including phenoxy) is 1. The van der Waals surface area contributed by atoms with Crippen molar-refractivity contribution in [3.8, 4) is 0 Å². The summed E-state index contributed by atoms with van der Waals surface area (Å²) in [5, 5.41) is 14.7. The molecule has 12 heteroatoms. The molecule has 2 aliphatic rings. The zero-order chi connectivity index (χ0) is 23.3. The highest BCUT2D eigenvalue weighted by atomic mass is 16.5. The number of hydrogen-bond donors (Lipinski definition) is 4. The van der Waals surface area contributed by atoms with Crippen LogP contribution in [0.2, 0.25) is 0 Å². The van der Waals surface area contributed by atoms with Gasteiger partial charge in [-0.3, -0.25) is 19.2 Å². The van der Waals surface area contributed by atoms with Crippen molar-refractivity contribution < 1.29 is 28.4 Å². The summed E-state index contributed by atoms with van der Waals surface area (Å²) in [6, 6.07) is -1.09. The Kier molecular flexibility index (Phi) is 7.46. The molecule has 1 atom stereocenters. The first-order valence-corrected chi connectivity index (χ1v) is 10.5. The van der Waals surface area contributed by atoms with Gasteiger partial charge in [-0.25, -0.2) is 0 Å². The molecular weight excluding hydrogens is 420 g/mol. The van der Waals surface area contributed by atoms with Crippen LogP contribution in [0.4, 0.5) is 0 Å². The minimum absolute atomic E-state index is 0.0259. The van der Waals surface area contributed by atoms with E-state index in [4.69, 9.17) is 9.26 Å². The lowest BCUT2D eigenvalue weighted by Gasteiger charge is -2.41. The number of aryl methyl sites for hydroxylation is 1. The van der Waals surface area contributed by atoms with E-state index in [2.05, 4.69) is 31.3 Å². The molecule has 1 aromatic heterocycles. The van der Waals surface area contributed by atoms with Crippen LogP contribution in [0.15, 0.2) is 4.52 Å². The molecule has 0 radical (unpaired) electrons. The van der Waals surface area contributed by atoms with E-state index >= 15 is 0 Å². The van der Waals surface area contributed by atoms with E-state index in [1.807, 2.05) is 7.05 Å². The van der Waals surface area contributed by atoms with Crippen LogP contribution in [0.3, 0.4) is 0 Å². The molecule has 0 unspecified atom stereocenters. The van der Waals surface area contributed by atoms with Crippen LogP contribution < -0.4 is 21.3 Å². The number of methoxy groups -OCH3 is 1. The number of nitrogens with one attached hydrogen (secondary N) is 4. The lowest BCUT2D eigenvalue weighted by Crippen LogP contribution is -2.58. The van der Waals surface area contributed by atoms with E-state index in [0.717, 1.165) is 0 Å². The number of amides is 4. The van der Waals surface area contributed by atoms with E-state index in [0.29, 0.717) is 31.6 Å². The smallest absolute Gasteiger partial charge is 0.257 e. The van der Waals surface area contributed by atoms with Gasteiger partial charge < -0.3 is 35.4 Å². The van der Waals surface area contributed by atoms with Gasteiger partial charge in [0.25, 0.3) is 5.91 Å². The first-order valence-electron chi connectivity index (χ1n) is 10.5. The zero-order valence-electron chi connectivity index (χ0n) is 18.6. The Hall–Kier alpha value is -2.99. The fraction of sp³-hybridized carbons (Fsp3) is 0.650. The summed E-state index contributed by atoms with van der Waals surface area (Å²) < 4.78 is 10.1. The Morgan fingerprint density at radius 1 is 1.28 bits per heavy atom. The van der Waals surface area contributed by atoms with Crippen molar-refractivity contribution in [1.82, 2.24) is 31.3 Å². The van der Waals surface area contributed by atoms with E-state index in [1.165, 1.54) is 7.11 Å². The molecule has 0 aromatic carbocycles. The topological polar surface area (TPSA) is 155 Å². The normalized spacial score (nSPS) is 22.5. The number of piperidine rings is 1. The van der Waals surface area contributed by atoms with Gasteiger partial charge in [0.15, 0.2) is 5.76 Å². The van der Waals surface area contributed by atoms with Crippen molar-refractivity contribution in [3.05, 3.63) is 17.0 Å². The van der Waals surface area contributed by atoms with Crippen molar-refractivity contribution in [2.24, 2.45) is 0 Å². The van der Waals surface area contributed by atoms with Gasteiger partial charge in [-0.2, -0.15) is 0 Å². The van der Waals surface area contributed by atoms with Crippen molar-refractivity contribution >= 4 is 23.6 Å². The number of aromatic nitrogens is 1.